The fraction of sp³-hybridized carbons (Fsp3) is 0.370. The fourth-order valence-corrected chi connectivity index (χ4v) is 10.2. The first-order valence-corrected chi connectivity index (χ1v) is 13.9. The lowest BCUT2D eigenvalue weighted by molar-refractivity contribution is -0.123. The highest BCUT2D eigenvalue weighted by Gasteiger charge is 2.69. The molecule has 37 heavy (non-hydrogen) atoms. The lowest BCUT2D eigenvalue weighted by Crippen LogP contribution is -2.42. The van der Waals surface area contributed by atoms with E-state index in [0.717, 1.165) is 21.9 Å². The number of nitrogens with one attached hydrogen (secondary N) is 1. The number of aromatic nitrogens is 1. The molecule has 7 nitrogen and oxygen atoms in total. The maximum absolute atomic E-state index is 13.7. The van der Waals surface area contributed by atoms with E-state index in [1.165, 1.54) is 40.5 Å². The van der Waals surface area contributed by atoms with Gasteiger partial charge in [0.05, 0.1) is 36.8 Å². The van der Waals surface area contributed by atoms with Gasteiger partial charge in [0.25, 0.3) is 0 Å². The van der Waals surface area contributed by atoms with Gasteiger partial charge in [-0.3, -0.25) is 19.3 Å². The van der Waals surface area contributed by atoms with Gasteiger partial charge in [0.2, 0.25) is 11.8 Å². The number of fused-ring (bicyclic) bond motifs is 9. The van der Waals surface area contributed by atoms with Crippen molar-refractivity contribution in [3.63, 3.8) is 0 Å². The second kappa shape index (κ2) is 8.19. The Hall–Kier alpha value is -3.11. The van der Waals surface area contributed by atoms with Crippen molar-refractivity contribution in [2.75, 3.05) is 19.1 Å². The van der Waals surface area contributed by atoms with Crippen molar-refractivity contribution in [3.8, 4) is 11.5 Å². The van der Waals surface area contributed by atoms with Gasteiger partial charge < -0.3 is 14.5 Å². The van der Waals surface area contributed by atoms with Gasteiger partial charge in [-0.05, 0) is 66.1 Å². The number of hydrogen-bond donors (Lipinski definition) is 1. The van der Waals surface area contributed by atoms with Crippen molar-refractivity contribution in [2.45, 2.75) is 22.6 Å². The Kier molecular flexibility index (Phi) is 5.10. The first-order chi connectivity index (χ1) is 17.9. The number of thiazole rings is 1. The van der Waals surface area contributed by atoms with Crippen LogP contribution in [0, 0.1) is 35.4 Å². The predicted octanol–water partition coefficient (Wildman–Crippen LogP) is 4.27. The summed E-state index contributed by atoms with van der Waals surface area (Å²) in [6.45, 7) is 0. The van der Waals surface area contributed by atoms with Crippen molar-refractivity contribution >= 4 is 40.6 Å². The second-order valence-electron chi connectivity index (χ2n) is 10.1. The van der Waals surface area contributed by atoms with E-state index in [2.05, 4.69) is 4.98 Å². The lowest BCUT2D eigenvalue weighted by Gasteiger charge is -2.43. The van der Waals surface area contributed by atoms with E-state index < -0.39 is 17.7 Å². The molecule has 7 rings (SSSR count). The number of imide groups is 1. The molecule has 2 saturated carbocycles. The van der Waals surface area contributed by atoms with E-state index in [9.17, 15) is 18.8 Å². The molecule has 1 saturated heterocycles. The first-order valence-electron chi connectivity index (χ1n) is 12.2. The molecule has 10 heteroatoms. The number of anilines is 1. The number of ether oxygens (including phenoxy) is 2. The quantitative estimate of drug-likeness (QED) is 0.499. The molecule has 0 spiro atoms. The van der Waals surface area contributed by atoms with Crippen molar-refractivity contribution in [2.24, 2.45) is 29.6 Å². The highest BCUT2D eigenvalue weighted by molar-refractivity contribution is 8.00. The SMILES string of the molecule is COc1ccc([C@@H]2c3sc(=O)[nH]c3S[C@@H]3[C@H]4C[C@@H]([C@@H]5C(=O)N(c6ccc(F)cc6)C(=O)[C@@H]45)[C@@H]23)cc1OC. The molecular weight excluding hydrogens is 515 g/mol. The Morgan fingerprint density at radius 1 is 0.946 bits per heavy atom. The van der Waals surface area contributed by atoms with Crippen LogP contribution in [-0.2, 0) is 9.59 Å². The number of methoxy groups -OCH3 is 2. The monoisotopic (exact) mass is 538 g/mol. The first kappa shape index (κ1) is 23.0. The third-order valence-electron chi connectivity index (χ3n) is 8.58. The Morgan fingerprint density at radius 2 is 1.65 bits per heavy atom. The molecule has 3 fully saturated rings. The smallest absolute Gasteiger partial charge is 0.305 e. The van der Waals surface area contributed by atoms with Gasteiger partial charge in [-0.1, -0.05) is 17.4 Å². The van der Waals surface area contributed by atoms with Gasteiger partial charge in [-0.15, -0.1) is 11.8 Å². The van der Waals surface area contributed by atoms with Crippen molar-refractivity contribution in [1.82, 2.24) is 4.98 Å². The van der Waals surface area contributed by atoms with Crippen LogP contribution in [0.2, 0.25) is 0 Å². The summed E-state index contributed by atoms with van der Waals surface area (Å²) in [6, 6.07) is 11.4. The Bertz CT molecular complexity index is 1500. The average Bonchev–Trinajstić information content (AvgIpc) is 3.63. The van der Waals surface area contributed by atoms with E-state index in [1.807, 2.05) is 18.2 Å². The Morgan fingerprint density at radius 3 is 2.35 bits per heavy atom. The summed E-state index contributed by atoms with van der Waals surface area (Å²) in [5.41, 5.74) is 1.42. The molecule has 2 aliphatic carbocycles. The number of rotatable bonds is 4. The summed E-state index contributed by atoms with van der Waals surface area (Å²) in [5, 5.41) is 0.944. The van der Waals surface area contributed by atoms with Crippen LogP contribution in [0.15, 0.2) is 52.3 Å². The van der Waals surface area contributed by atoms with E-state index in [0.29, 0.717) is 17.2 Å². The largest absolute Gasteiger partial charge is 0.493 e. The number of amides is 2. The highest BCUT2D eigenvalue weighted by Crippen LogP contribution is 2.68. The van der Waals surface area contributed by atoms with Gasteiger partial charge >= 0.3 is 4.87 Å². The van der Waals surface area contributed by atoms with Crippen molar-refractivity contribution in [1.29, 1.82) is 0 Å². The van der Waals surface area contributed by atoms with Crippen LogP contribution >= 0.6 is 23.1 Å². The van der Waals surface area contributed by atoms with Crippen LogP contribution in [-0.4, -0.2) is 36.3 Å². The fourth-order valence-electron chi connectivity index (χ4n) is 7.28. The van der Waals surface area contributed by atoms with Gasteiger partial charge in [-0.25, -0.2) is 4.39 Å². The van der Waals surface area contributed by atoms with Crippen molar-refractivity contribution < 1.29 is 23.5 Å². The topological polar surface area (TPSA) is 88.7 Å². The zero-order valence-electron chi connectivity index (χ0n) is 20.0. The summed E-state index contributed by atoms with van der Waals surface area (Å²) in [7, 11) is 3.18. The molecular formula is C27H23FN2O5S2. The normalized spacial score (nSPS) is 31.3. The number of halogens is 1. The zero-order chi connectivity index (χ0) is 25.6. The summed E-state index contributed by atoms with van der Waals surface area (Å²) >= 11 is 2.86. The molecule has 3 aromatic rings. The molecule has 2 bridgehead atoms. The van der Waals surface area contributed by atoms with Gasteiger partial charge in [0.15, 0.2) is 11.5 Å². The standard InChI is InChI=1S/C27H23FN2O5S2/c1-34-16-8-3-11(9-17(16)35-2)18-19-14-10-15(22(19)36-24-23(18)37-27(33)29-24)21-20(14)25(31)30(26(21)32)13-6-4-12(28)5-7-13/h3-9,14-15,18-22H,10H2,1-2H3,(H,29,33)/t14-,15+,18+,19+,20+,21+,22-/m1/s1. The molecule has 2 aromatic carbocycles. The molecule has 0 radical (unpaired) electrons. The van der Waals surface area contributed by atoms with Gasteiger partial charge in [-0.2, -0.15) is 0 Å². The maximum atomic E-state index is 13.7. The van der Waals surface area contributed by atoms with Crippen LogP contribution in [0.1, 0.15) is 22.8 Å². The molecule has 7 atom stereocenters. The molecule has 2 amide bonds. The molecule has 1 aromatic heterocycles. The zero-order valence-corrected chi connectivity index (χ0v) is 21.6. The molecule has 3 heterocycles. The minimum Gasteiger partial charge on any atom is -0.493 e. The number of aromatic amines is 1. The highest BCUT2D eigenvalue weighted by atomic mass is 32.2. The Balaban J connectivity index is 1.32. The third-order valence-corrected chi connectivity index (χ3v) is 11.2. The Labute approximate surface area is 220 Å². The van der Waals surface area contributed by atoms with Crippen LogP contribution in [0.4, 0.5) is 10.1 Å². The van der Waals surface area contributed by atoms with E-state index >= 15 is 0 Å². The van der Waals surface area contributed by atoms with Gasteiger partial charge in [0.1, 0.15) is 5.82 Å². The van der Waals surface area contributed by atoms with Crippen LogP contribution in [0.3, 0.4) is 0 Å². The predicted molar refractivity (Wildman–Crippen MR) is 137 cm³/mol. The summed E-state index contributed by atoms with van der Waals surface area (Å²) < 4.78 is 24.6. The number of carbonyl (C=O) groups is 2. The number of hydrogen-bond acceptors (Lipinski definition) is 7. The minimum atomic E-state index is -0.413. The van der Waals surface area contributed by atoms with E-state index in [4.69, 9.17) is 9.47 Å². The van der Waals surface area contributed by atoms with E-state index in [1.54, 1.807) is 26.0 Å². The summed E-state index contributed by atoms with van der Waals surface area (Å²) in [6.07, 6.45) is 0.801. The summed E-state index contributed by atoms with van der Waals surface area (Å²) in [4.78, 5) is 44.9. The number of benzene rings is 2. The van der Waals surface area contributed by atoms with Crippen LogP contribution in [0.25, 0.3) is 0 Å². The average molecular weight is 539 g/mol. The molecule has 0 unspecified atom stereocenters. The second-order valence-corrected chi connectivity index (χ2v) is 12.3. The number of nitrogens with zero attached hydrogens (tertiary/aromatic N) is 1. The molecule has 1 N–H and O–H groups in total. The van der Waals surface area contributed by atoms with Crippen LogP contribution < -0.4 is 19.2 Å². The number of thioether (sulfide) groups is 1. The number of carbonyl (C=O) groups excluding carboxylic acids is 2. The summed E-state index contributed by atoms with van der Waals surface area (Å²) in [5.74, 6) is -0.394. The molecule has 2 aliphatic heterocycles. The van der Waals surface area contributed by atoms with Gasteiger partial charge in [0, 0.05) is 16.0 Å². The molecule has 190 valence electrons. The molecule has 4 aliphatic rings. The van der Waals surface area contributed by atoms with Crippen molar-refractivity contribution in [3.05, 3.63) is 68.4 Å². The lowest BCUT2D eigenvalue weighted by atomic mass is 9.68. The maximum Gasteiger partial charge on any atom is 0.305 e. The van der Waals surface area contributed by atoms with E-state index in [-0.39, 0.29) is 45.6 Å². The third kappa shape index (κ3) is 3.15. The number of H-pyrrole nitrogens is 1. The van der Waals surface area contributed by atoms with Crippen LogP contribution in [0.5, 0.6) is 11.5 Å². The minimum absolute atomic E-state index is 0.00199.